The highest BCUT2D eigenvalue weighted by atomic mass is 32.2. The monoisotopic (exact) mass is 401 g/mol. The summed E-state index contributed by atoms with van der Waals surface area (Å²) in [5.41, 5.74) is 0.445. The number of thioether (sulfide) groups is 1. The largest absolute Gasteiger partial charge is 0.325 e. The Kier molecular flexibility index (Phi) is 6.11. The lowest BCUT2D eigenvalue weighted by molar-refractivity contribution is -0.115. The number of carbonyl (C=O) groups excluding carboxylic acids is 2. The van der Waals surface area contributed by atoms with Crippen molar-refractivity contribution in [3.8, 4) is 0 Å². The minimum Gasteiger partial charge on any atom is -0.325 e. The highest BCUT2D eigenvalue weighted by Gasteiger charge is 2.18. The summed E-state index contributed by atoms with van der Waals surface area (Å²) < 4.78 is 22.9. The molecule has 0 saturated carbocycles. The molecule has 0 aliphatic carbocycles. The molecule has 2 amide bonds. The number of benzene rings is 1. The molecule has 0 saturated heterocycles. The molecule has 12 heteroatoms. The standard InChI is InChI=1S/C13H15N5O4S3/c1-7(23-13-18-17-12(24-13)15-8(2)19)11(20)16-9-3-5-10(6-4-9)25(14,21)22/h3-7H,1-2H3,(H,16,20)(H2,14,21,22)(H,15,17,19)/t7-/m0/s1. The molecule has 9 nitrogen and oxygen atoms in total. The van der Waals surface area contributed by atoms with Crippen LogP contribution < -0.4 is 15.8 Å². The molecule has 0 radical (unpaired) electrons. The van der Waals surface area contributed by atoms with Crippen LogP contribution in [0, 0.1) is 0 Å². The zero-order chi connectivity index (χ0) is 18.6. The first-order chi connectivity index (χ1) is 11.6. The van der Waals surface area contributed by atoms with Crippen LogP contribution in [0.15, 0.2) is 33.5 Å². The number of nitrogens with one attached hydrogen (secondary N) is 2. The summed E-state index contributed by atoms with van der Waals surface area (Å²) in [7, 11) is -3.77. The fourth-order valence-electron chi connectivity index (χ4n) is 1.64. The molecule has 2 rings (SSSR count). The molecule has 134 valence electrons. The van der Waals surface area contributed by atoms with E-state index in [-0.39, 0.29) is 16.7 Å². The van der Waals surface area contributed by atoms with Crippen LogP contribution in [0.1, 0.15) is 13.8 Å². The van der Waals surface area contributed by atoms with E-state index >= 15 is 0 Å². The van der Waals surface area contributed by atoms with Gasteiger partial charge in [0.15, 0.2) is 4.34 Å². The Morgan fingerprint density at radius 3 is 2.40 bits per heavy atom. The Labute approximate surface area is 152 Å². The first-order valence-corrected chi connectivity index (χ1v) is 10.1. The molecular weight excluding hydrogens is 386 g/mol. The van der Waals surface area contributed by atoms with Gasteiger partial charge in [0.25, 0.3) is 0 Å². The van der Waals surface area contributed by atoms with Gasteiger partial charge in [0.2, 0.25) is 27.0 Å². The molecule has 1 aromatic carbocycles. The molecule has 0 unspecified atom stereocenters. The zero-order valence-corrected chi connectivity index (χ0v) is 15.7. The maximum Gasteiger partial charge on any atom is 0.238 e. The molecule has 1 heterocycles. The van der Waals surface area contributed by atoms with Crippen molar-refractivity contribution in [2.75, 3.05) is 10.6 Å². The molecule has 25 heavy (non-hydrogen) atoms. The van der Waals surface area contributed by atoms with Gasteiger partial charge in [-0.25, -0.2) is 13.6 Å². The number of anilines is 2. The van der Waals surface area contributed by atoms with Crippen LogP contribution >= 0.6 is 23.1 Å². The molecule has 0 aliphatic rings. The summed E-state index contributed by atoms with van der Waals surface area (Å²) in [6.07, 6.45) is 0. The van der Waals surface area contributed by atoms with Gasteiger partial charge in [-0.2, -0.15) is 0 Å². The lowest BCUT2D eigenvalue weighted by Gasteiger charge is -2.10. The van der Waals surface area contributed by atoms with Crippen LogP contribution in [-0.2, 0) is 19.6 Å². The average molecular weight is 401 g/mol. The van der Waals surface area contributed by atoms with Gasteiger partial charge in [-0.3, -0.25) is 9.59 Å². The Hall–Kier alpha value is -2.02. The number of aromatic nitrogens is 2. The van der Waals surface area contributed by atoms with Crippen molar-refractivity contribution < 1.29 is 18.0 Å². The van der Waals surface area contributed by atoms with E-state index in [1.807, 2.05) is 0 Å². The van der Waals surface area contributed by atoms with Crippen molar-refractivity contribution >= 4 is 55.8 Å². The van der Waals surface area contributed by atoms with Gasteiger partial charge in [0.1, 0.15) is 0 Å². The number of primary sulfonamides is 1. The van der Waals surface area contributed by atoms with Crippen molar-refractivity contribution in [3.05, 3.63) is 24.3 Å². The van der Waals surface area contributed by atoms with Crippen LogP contribution in [0.5, 0.6) is 0 Å². The molecule has 2 aromatic rings. The second-order valence-electron chi connectivity index (χ2n) is 4.87. The van der Waals surface area contributed by atoms with Crippen molar-refractivity contribution in [1.82, 2.24) is 10.2 Å². The molecular formula is C13H15N5O4S3. The Morgan fingerprint density at radius 2 is 1.84 bits per heavy atom. The Morgan fingerprint density at radius 1 is 1.20 bits per heavy atom. The van der Waals surface area contributed by atoms with Crippen LogP contribution in [0.25, 0.3) is 0 Å². The van der Waals surface area contributed by atoms with Gasteiger partial charge in [-0.15, -0.1) is 10.2 Å². The number of nitrogens with two attached hydrogens (primary N) is 1. The summed E-state index contributed by atoms with van der Waals surface area (Å²) in [4.78, 5) is 23.1. The average Bonchev–Trinajstić information content (AvgIpc) is 2.93. The molecule has 0 fully saturated rings. The van der Waals surface area contributed by atoms with E-state index in [2.05, 4.69) is 20.8 Å². The second kappa shape index (κ2) is 7.91. The maximum absolute atomic E-state index is 12.2. The number of sulfonamides is 1. The summed E-state index contributed by atoms with van der Waals surface area (Å²) in [5, 5.41) is 17.8. The third kappa shape index (κ3) is 5.77. The predicted molar refractivity (Wildman–Crippen MR) is 96.0 cm³/mol. The SMILES string of the molecule is CC(=O)Nc1nnc(S[C@@H](C)C(=O)Nc2ccc(S(N)(=O)=O)cc2)s1. The number of hydrogen-bond acceptors (Lipinski definition) is 8. The van der Waals surface area contributed by atoms with E-state index in [0.717, 1.165) is 0 Å². The third-order valence-electron chi connectivity index (χ3n) is 2.79. The van der Waals surface area contributed by atoms with Crippen molar-refractivity contribution in [2.45, 2.75) is 28.3 Å². The fraction of sp³-hybridized carbons (Fsp3) is 0.231. The van der Waals surface area contributed by atoms with E-state index in [1.165, 1.54) is 54.3 Å². The van der Waals surface area contributed by atoms with Gasteiger partial charge >= 0.3 is 0 Å². The first-order valence-electron chi connectivity index (χ1n) is 6.86. The maximum atomic E-state index is 12.2. The van der Waals surface area contributed by atoms with Gasteiger partial charge in [-0.05, 0) is 31.2 Å². The zero-order valence-electron chi connectivity index (χ0n) is 13.2. The van der Waals surface area contributed by atoms with Gasteiger partial charge in [0.05, 0.1) is 10.1 Å². The number of hydrogen-bond donors (Lipinski definition) is 3. The molecule has 0 spiro atoms. The second-order valence-corrected chi connectivity index (χ2v) is 9.00. The van der Waals surface area contributed by atoms with Gasteiger partial charge in [-0.1, -0.05) is 23.1 Å². The van der Waals surface area contributed by atoms with E-state index in [9.17, 15) is 18.0 Å². The predicted octanol–water partition coefficient (Wildman–Crippen LogP) is 1.26. The first kappa shape index (κ1) is 19.3. The summed E-state index contributed by atoms with van der Waals surface area (Å²) in [6.45, 7) is 3.06. The molecule has 0 aliphatic heterocycles. The number of nitrogens with zero attached hydrogens (tertiary/aromatic N) is 2. The molecule has 1 atom stereocenters. The number of carbonyl (C=O) groups is 2. The van der Waals surface area contributed by atoms with E-state index in [4.69, 9.17) is 5.14 Å². The topological polar surface area (TPSA) is 144 Å². The van der Waals surface area contributed by atoms with Crippen LogP contribution in [-0.4, -0.2) is 35.7 Å². The minimum atomic E-state index is -3.77. The van der Waals surface area contributed by atoms with Crippen LogP contribution in [0.2, 0.25) is 0 Å². The molecule has 4 N–H and O–H groups in total. The van der Waals surface area contributed by atoms with Gasteiger partial charge < -0.3 is 10.6 Å². The number of amides is 2. The smallest absolute Gasteiger partial charge is 0.238 e. The summed E-state index contributed by atoms with van der Waals surface area (Å²) in [6, 6.07) is 5.53. The van der Waals surface area contributed by atoms with E-state index in [1.54, 1.807) is 6.92 Å². The summed E-state index contributed by atoms with van der Waals surface area (Å²) in [5.74, 6) is -0.536. The fourth-order valence-corrected chi connectivity index (χ4v) is 4.09. The highest BCUT2D eigenvalue weighted by Crippen LogP contribution is 2.29. The third-order valence-corrected chi connectivity index (χ3v) is 5.74. The van der Waals surface area contributed by atoms with Crippen molar-refractivity contribution in [2.24, 2.45) is 5.14 Å². The highest BCUT2D eigenvalue weighted by molar-refractivity contribution is 8.02. The lowest BCUT2D eigenvalue weighted by Crippen LogP contribution is -2.22. The minimum absolute atomic E-state index is 0.0349. The van der Waals surface area contributed by atoms with Crippen molar-refractivity contribution in [3.63, 3.8) is 0 Å². The Balaban J connectivity index is 1.96. The lowest BCUT2D eigenvalue weighted by atomic mass is 10.3. The summed E-state index contributed by atoms with van der Waals surface area (Å²) >= 11 is 2.36. The normalized spacial score (nSPS) is 12.4. The quantitative estimate of drug-likeness (QED) is 0.488. The van der Waals surface area contributed by atoms with E-state index in [0.29, 0.717) is 15.2 Å². The van der Waals surface area contributed by atoms with E-state index < -0.39 is 15.3 Å². The van der Waals surface area contributed by atoms with Crippen LogP contribution in [0.4, 0.5) is 10.8 Å². The number of rotatable bonds is 6. The molecule has 0 bridgehead atoms. The van der Waals surface area contributed by atoms with Crippen LogP contribution in [0.3, 0.4) is 0 Å². The molecule has 1 aromatic heterocycles. The van der Waals surface area contributed by atoms with Crippen molar-refractivity contribution in [1.29, 1.82) is 0 Å². The van der Waals surface area contributed by atoms with Gasteiger partial charge in [0, 0.05) is 12.6 Å². The Bertz CT molecular complexity index is 879.